The summed E-state index contributed by atoms with van der Waals surface area (Å²) < 4.78 is 0. The van der Waals surface area contributed by atoms with Gasteiger partial charge in [-0.15, -0.1) is 10.2 Å². The van der Waals surface area contributed by atoms with Crippen molar-refractivity contribution >= 4 is 11.7 Å². The summed E-state index contributed by atoms with van der Waals surface area (Å²) in [5, 5.41) is 26.4. The van der Waals surface area contributed by atoms with Gasteiger partial charge in [-0.05, 0) is 24.3 Å². The van der Waals surface area contributed by atoms with E-state index in [4.69, 9.17) is 11.5 Å². The molecule has 0 bridgehead atoms. The molecule has 0 fully saturated rings. The van der Waals surface area contributed by atoms with Crippen molar-refractivity contribution in [1.82, 2.24) is 9.97 Å². The van der Waals surface area contributed by atoms with Gasteiger partial charge in [0.1, 0.15) is 22.9 Å². The number of pyridine rings is 2. The number of amidine groups is 2. The van der Waals surface area contributed by atoms with Crippen LogP contribution in [0.4, 0.5) is 0 Å². The molecule has 8 nitrogen and oxygen atoms in total. The van der Waals surface area contributed by atoms with Gasteiger partial charge in [-0.2, -0.15) is 0 Å². The Bertz CT molecular complexity index is 624. The third kappa shape index (κ3) is 2.80. The Balaban J connectivity index is 2.30. The van der Waals surface area contributed by atoms with Crippen LogP contribution in [0.3, 0.4) is 0 Å². The molecule has 8 heteroatoms. The van der Waals surface area contributed by atoms with Crippen LogP contribution in [0, 0.1) is 0 Å². The zero-order valence-electron chi connectivity index (χ0n) is 10.3. The molecule has 2 aromatic heterocycles. The SMILES string of the molecule is N/C(=N\N=C(/N)c1ncccc1O)c1ncccc1O. The maximum atomic E-state index is 9.55. The number of aromatic hydroxyl groups is 2. The molecule has 0 aliphatic heterocycles. The third-order valence-corrected chi connectivity index (χ3v) is 2.32. The number of hydrogen-bond acceptors (Lipinski definition) is 6. The smallest absolute Gasteiger partial charge is 0.175 e. The molecule has 0 spiro atoms. The molecular formula is C12H12N6O2. The molecule has 20 heavy (non-hydrogen) atoms. The standard InChI is InChI=1S/C12H12N6O2/c13-11(9-7(19)3-1-5-15-9)17-18-12(14)10-8(20)4-2-6-16-10/h1-6,19-20H,(H2,13,17)(H2,14,18). The summed E-state index contributed by atoms with van der Waals surface area (Å²) in [5.41, 5.74) is 11.5. The van der Waals surface area contributed by atoms with E-state index >= 15 is 0 Å². The van der Waals surface area contributed by atoms with E-state index < -0.39 is 0 Å². The van der Waals surface area contributed by atoms with Gasteiger partial charge in [0, 0.05) is 12.4 Å². The van der Waals surface area contributed by atoms with E-state index in [0.717, 1.165) is 0 Å². The lowest BCUT2D eigenvalue weighted by Crippen LogP contribution is -2.18. The molecule has 0 saturated heterocycles. The molecule has 0 amide bonds. The molecule has 0 atom stereocenters. The van der Waals surface area contributed by atoms with Crippen LogP contribution in [0.5, 0.6) is 11.5 Å². The fraction of sp³-hybridized carbons (Fsp3) is 0. The van der Waals surface area contributed by atoms with Gasteiger partial charge in [-0.1, -0.05) is 0 Å². The normalized spacial score (nSPS) is 12.4. The summed E-state index contributed by atoms with van der Waals surface area (Å²) in [7, 11) is 0. The number of rotatable bonds is 3. The molecule has 2 aromatic rings. The first-order valence-corrected chi connectivity index (χ1v) is 5.55. The fourth-order valence-electron chi connectivity index (χ4n) is 1.39. The zero-order valence-corrected chi connectivity index (χ0v) is 10.3. The largest absolute Gasteiger partial charge is 0.506 e. The lowest BCUT2D eigenvalue weighted by molar-refractivity contribution is 0.470. The van der Waals surface area contributed by atoms with Gasteiger partial charge in [-0.25, -0.2) is 9.97 Å². The molecule has 0 unspecified atom stereocenters. The van der Waals surface area contributed by atoms with E-state index in [1.165, 1.54) is 24.5 Å². The fourth-order valence-corrected chi connectivity index (χ4v) is 1.39. The molecule has 0 radical (unpaired) electrons. The Kier molecular flexibility index (Phi) is 3.75. The van der Waals surface area contributed by atoms with E-state index in [-0.39, 0.29) is 34.6 Å². The monoisotopic (exact) mass is 272 g/mol. The summed E-state index contributed by atoms with van der Waals surface area (Å²) in [5.74, 6) is -0.464. The summed E-state index contributed by atoms with van der Waals surface area (Å²) in [6.45, 7) is 0. The van der Waals surface area contributed by atoms with Crippen molar-refractivity contribution in [3.63, 3.8) is 0 Å². The molecule has 102 valence electrons. The minimum atomic E-state index is -0.122. The minimum Gasteiger partial charge on any atom is -0.506 e. The number of aromatic nitrogens is 2. The summed E-state index contributed by atoms with van der Waals surface area (Å²) >= 11 is 0. The van der Waals surface area contributed by atoms with Gasteiger partial charge in [0.05, 0.1) is 0 Å². The van der Waals surface area contributed by atoms with Crippen LogP contribution in [0.25, 0.3) is 0 Å². The first kappa shape index (κ1) is 13.3. The summed E-state index contributed by atoms with van der Waals surface area (Å²) in [4.78, 5) is 7.73. The highest BCUT2D eigenvalue weighted by molar-refractivity contribution is 6.00. The Hall–Kier alpha value is -3.16. The predicted octanol–water partition coefficient (Wildman–Crippen LogP) is -0.0864. The molecule has 2 rings (SSSR count). The topological polar surface area (TPSA) is 143 Å². The Morgan fingerprint density at radius 3 is 1.60 bits per heavy atom. The minimum absolute atomic E-state index is 0.0919. The van der Waals surface area contributed by atoms with Crippen LogP contribution >= 0.6 is 0 Å². The van der Waals surface area contributed by atoms with Crippen molar-refractivity contribution in [3.8, 4) is 11.5 Å². The van der Waals surface area contributed by atoms with Gasteiger partial charge in [0.15, 0.2) is 11.7 Å². The van der Waals surface area contributed by atoms with E-state index in [9.17, 15) is 10.2 Å². The number of nitrogens with zero attached hydrogens (tertiary/aromatic N) is 4. The predicted molar refractivity (Wildman–Crippen MR) is 73.3 cm³/mol. The van der Waals surface area contributed by atoms with E-state index in [2.05, 4.69) is 20.2 Å². The van der Waals surface area contributed by atoms with Crippen molar-refractivity contribution in [2.45, 2.75) is 0 Å². The Morgan fingerprint density at radius 1 is 0.850 bits per heavy atom. The average Bonchev–Trinajstić information content (AvgIpc) is 2.45. The van der Waals surface area contributed by atoms with E-state index in [0.29, 0.717) is 0 Å². The second kappa shape index (κ2) is 5.65. The average molecular weight is 272 g/mol. The van der Waals surface area contributed by atoms with Crippen LogP contribution in [0.2, 0.25) is 0 Å². The Labute approximate surface area is 114 Å². The number of hydrogen-bond donors (Lipinski definition) is 4. The zero-order chi connectivity index (χ0) is 14.5. The molecule has 2 heterocycles. The van der Waals surface area contributed by atoms with Gasteiger partial charge < -0.3 is 21.7 Å². The third-order valence-electron chi connectivity index (χ3n) is 2.32. The van der Waals surface area contributed by atoms with Crippen LogP contribution < -0.4 is 11.5 Å². The van der Waals surface area contributed by atoms with Crippen molar-refractivity contribution in [1.29, 1.82) is 0 Å². The number of nitrogens with two attached hydrogens (primary N) is 2. The molecule has 0 aliphatic rings. The van der Waals surface area contributed by atoms with E-state index in [1.54, 1.807) is 12.1 Å². The lowest BCUT2D eigenvalue weighted by atomic mass is 10.3. The van der Waals surface area contributed by atoms with Crippen molar-refractivity contribution < 1.29 is 10.2 Å². The highest BCUT2D eigenvalue weighted by atomic mass is 16.3. The van der Waals surface area contributed by atoms with Gasteiger partial charge in [-0.3, -0.25) is 0 Å². The maximum absolute atomic E-state index is 9.55. The molecule has 0 aromatic carbocycles. The van der Waals surface area contributed by atoms with Gasteiger partial charge >= 0.3 is 0 Å². The van der Waals surface area contributed by atoms with Crippen molar-refractivity contribution in [2.24, 2.45) is 21.7 Å². The molecule has 6 N–H and O–H groups in total. The second-order valence-electron chi connectivity index (χ2n) is 3.71. The van der Waals surface area contributed by atoms with Crippen LogP contribution in [0.1, 0.15) is 11.4 Å². The first-order valence-electron chi connectivity index (χ1n) is 5.55. The first-order chi connectivity index (χ1) is 9.59. The van der Waals surface area contributed by atoms with Crippen LogP contribution in [-0.2, 0) is 0 Å². The van der Waals surface area contributed by atoms with Gasteiger partial charge in [0.25, 0.3) is 0 Å². The summed E-state index contributed by atoms with van der Waals surface area (Å²) in [6, 6.07) is 5.94. The summed E-state index contributed by atoms with van der Waals surface area (Å²) in [6.07, 6.45) is 2.91. The molecule has 0 saturated carbocycles. The highest BCUT2D eigenvalue weighted by Gasteiger charge is 2.08. The van der Waals surface area contributed by atoms with Crippen LogP contribution in [-0.4, -0.2) is 31.9 Å². The second-order valence-corrected chi connectivity index (χ2v) is 3.71. The lowest BCUT2D eigenvalue weighted by Gasteiger charge is -2.02. The van der Waals surface area contributed by atoms with E-state index in [1.807, 2.05) is 0 Å². The Morgan fingerprint density at radius 2 is 1.25 bits per heavy atom. The van der Waals surface area contributed by atoms with Crippen molar-refractivity contribution in [2.75, 3.05) is 0 Å². The van der Waals surface area contributed by atoms with Crippen LogP contribution in [0.15, 0.2) is 46.9 Å². The molecular weight excluding hydrogens is 260 g/mol. The quantitative estimate of drug-likeness (QED) is 0.349. The maximum Gasteiger partial charge on any atom is 0.175 e. The van der Waals surface area contributed by atoms with Gasteiger partial charge in [0.2, 0.25) is 0 Å². The molecule has 0 aliphatic carbocycles. The van der Waals surface area contributed by atoms with Crippen molar-refractivity contribution in [3.05, 3.63) is 48.0 Å². The highest BCUT2D eigenvalue weighted by Crippen LogP contribution is 2.13.